The van der Waals surface area contributed by atoms with E-state index in [0.29, 0.717) is 11.2 Å². The summed E-state index contributed by atoms with van der Waals surface area (Å²) in [5.74, 6) is -0.192. The number of amides is 1. The van der Waals surface area contributed by atoms with Gasteiger partial charge in [0, 0.05) is 29.9 Å². The van der Waals surface area contributed by atoms with E-state index in [1.165, 1.54) is 0 Å². The fraction of sp³-hybridized carbons (Fsp3) is 0.444. The Labute approximate surface area is 157 Å². The lowest BCUT2D eigenvalue weighted by molar-refractivity contribution is 0.0940. The topological polar surface area (TPSA) is 75.4 Å². The highest BCUT2D eigenvalue weighted by Gasteiger charge is 2.18. The molecule has 0 unspecified atom stereocenters. The summed E-state index contributed by atoms with van der Waals surface area (Å²) in [7, 11) is 0. The molecule has 0 saturated heterocycles. The van der Waals surface area contributed by atoms with E-state index >= 15 is 0 Å². The van der Waals surface area contributed by atoms with Gasteiger partial charge in [-0.15, -0.1) is 11.3 Å². The number of aromatic nitrogens is 4. The Balaban J connectivity index is 1.76. The molecule has 26 heavy (non-hydrogen) atoms. The molecule has 1 N–H and O–H groups in total. The van der Waals surface area contributed by atoms with Crippen molar-refractivity contribution in [1.29, 1.82) is 0 Å². The van der Waals surface area contributed by atoms with Crippen LogP contribution >= 0.6 is 11.3 Å². The second-order valence-corrected chi connectivity index (χ2v) is 7.30. The van der Waals surface area contributed by atoms with Crippen molar-refractivity contribution in [2.45, 2.75) is 40.3 Å². The monoisotopic (exact) mass is 372 g/mol. The Morgan fingerprint density at radius 1 is 1.35 bits per heavy atom. The summed E-state index contributed by atoms with van der Waals surface area (Å²) in [5.41, 5.74) is 2.97. The minimum atomic E-state index is -0.192. The minimum Gasteiger partial charge on any atom is -0.344 e. The van der Waals surface area contributed by atoms with Crippen LogP contribution in [0.5, 0.6) is 0 Å². The Morgan fingerprint density at radius 2 is 2.12 bits per heavy atom. The average molecular weight is 372 g/mol. The van der Waals surface area contributed by atoms with Crippen LogP contribution in [-0.2, 0) is 6.54 Å². The van der Waals surface area contributed by atoms with E-state index in [1.807, 2.05) is 31.6 Å². The van der Waals surface area contributed by atoms with Gasteiger partial charge in [-0.25, -0.2) is 14.5 Å². The third kappa shape index (κ3) is 3.91. The predicted molar refractivity (Wildman–Crippen MR) is 102 cm³/mol. The molecular weight excluding hydrogens is 348 g/mol. The average Bonchev–Trinajstić information content (AvgIpc) is 3.25. The zero-order valence-corrected chi connectivity index (χ0v) is 16.4. The van der Waals surface area contributed by atoms with Gasteiger partial charge in [0.25, 0.3) is 5.91 Å². The van der Waals surface area contributed by atoms with E-state index in [2.05, 4.69) is 39.1 Å². The molecule has 3 aromatic heterocycles. The molecule has 0 radical (unpaired) electrons. The third-order valence-electron chi connectivity index (χ3n) is 4.38. The Bertz CT molecular complexity index is 898. The molecule has 0 bridgehead atoms. The van der Waals surface area contributed by atoms with Gasteiger partial charge in [0.05, 0.1) is 22.9 Å². The Hall–Kier alpha value is -2.32. The lowest BCUT2D eigenvalue weighted by Gasteiger charge is -2.17. The first-order chi connectivity index (χ1) is 12.5. The standard InChI is InChI=1S/C18H24N6OS/c1-5-23(6-2)9-14-7-19-17-15(8-20-24(17)10-14)18(25)21-12(3)16-11-26-13(4)22-16/h7-8,10-12H,5-6,9H2,1-4H3,(H,21,25)/t12-/m0/s1. The molecule has 0 spiro atoms. The first-order valence-electron chi connectivity index (χ1n) is 8.79. The van der Waals surface area contributed by atoms with Crippen molar-refractivity contribution in [3.05, 3.63) is 45.8 Å². The number of nitrogens with zero attached hydrogens (tertiary/aromatic N) is 5. The third-order valence-corrected chi connectivity index (χ3v) is 5.17. The minimum absolute atomic E-state index is 0.163. The van der Waals surface area contributed by atoms with E-state index in [-0.39, 0.29) is 11.9 Å². The van der Waals surface area contributed by atoms with Crippen molar-refractivity contribution in [1.82, 2.24) is 29.8 Å². The van der Waals surface area contributed by atoms with E-state index in [1.54, 1.807) is 22.0 Å². The first kappa shape index (κ1) is 18.5. The normalized spacial score (nSPS) is 12.7. The van der Waals surface area contributed by atoms with Crippen molar-refractivity contribution in [3.63, 3.8) is 0 Å². The van der Waals surface area contributed by atoms with Gasteiger partial charge in [0.15, 0.2) is 5.65 Å². The number of rotatable bonds is 7. The molecule has 1 atom stereocenters. The highest BCUT2D eigenvalue weighted by Crippen LogP contribution is 2.17. The Morgan fingerprint density at radius 3 is 2.77 bits per heavy atom. The first-order valence-corrected chi connectivity index (χ1v) is 9.67. The summed E-state index contributed by atoms with van der Waals surface area (Å²) < 4.78 is 1.67. The van der Waals surface area contributed by atoms with Gasteiger partial charge in [-0.1, -0.05) is 13.8 Å². The molecule has 0 aliphatic heterocycles. The number of thiazole rings is 1. The summed E-state index contributed by atoms with van der Waals surface area (Å²) in [5, 5.41) is 10.2. The molecule has 3 heterocycles. The van der Waals surface area contributed by atoms with Crippen molar-refractivity contribution in [2.75, 3.05) is 13.1 Å². The summed E-state index contributed by atoms with van der Waals surface area (Å²) >= 11 is 1.57. The van der Waals surface area contributed by atoms with Gasteiger partial charge < -0.3 is 5.32 Å². The van der Waals surface area contributed by atoms with Crippen molar-refractivity contribution < 1.29 is 4.79 Å². The molecule has 0 saturated carbocycles. The van der Waals surface area contributed by atoms with Crippen LogP contribution in [0.15, 0.2) is 24.0 Å². The van der Waals surface area contributed by atoms with Crippen LogP contribution in [0.4, 0.5) is 0 Å². The number of hydrogen-bond acceptors (Lipinski definition) is 6. The number of fused-ring (bicyclic) bond motifs is 1. The van der Waals surface area contributed by atoms with E-state index in [0.717, 1.165) is 35.9 Å². The fourth-order valence-corrected chi connectivity index (χ4v) is 3.49. The number of aryl methyl sites for hydroxylation is 1. The van der Waals surface area contributed by atoms with E-state index in [9.17, 15) is 4.79 Å². The number of hydrogen-bond donors (Lipinski definition) is 1. The van der Waals surface area contributed by atoms with Crippen LogP contribution in [0.3, 0.4) is 0 Å². The van der Waals surface area contributed by atoms with Gasteiger partial charge in [-0.3, -0.25) is 9.69 Å². The van der Waals surface area contributed by atoms with Gasteiger partial charge in [-0.2, -0.15) is 5.10 Å². The summed E-state index contributed by atoms with van der Waals surface area (Å²) in [6.07, 6.45) is 5.32. The molecule has 8 heteroatoms. The number of nitrogens with one attached hydrogen (secondary N) is 1. The van der Waals surface area contributed by atoms with Crippen molar-refractivity contribution in [3.8, 4) is 0 Å². The zero-order valence-electron chi connectivity index (χ0n) is 15.6. The molecule has 7 nitrogen and oxygen atoms in total. The van der Waals surface area contributed by atoms with Crippen molar-refractivity contribution >= 4 is 22.9 Å². The smallest absolute Gasteiger partial charge is 0.257 e. The molecule has 3 aromatic rings. The number of carbonyl (C=O) groups is 1. The lowest BCUT2D eigenvalue weighted by atomic mass is 10.2. The molecule has 0 aliphatic rings. The lowest BCUT2D eigenvalue weighted by Crippen LogP contribution is -2.27. The predicted octanol–water partition coefficient (Wildman–Crippen LogP) is 2.83. The molecule has 0 aromatic carbocycles. The Kier molecular flexibility index (Phi) is 5.63. The number of carbonyl (C=O) groups excluding carboxylic acids is 1. The second kappa shape index (κ2) is 7.92. The SMILES string of the molecule is CCN(CC)Cc1cnc2c(C(=O)N[C@@H](C)c3csc(C)n3)cnn2c1. The van der Waals surface area contributed by atoms with Gasteiger partial charge >= 0.3 is 0 Å². The maximum atomic E-state index is 12.6. The molecular formula is C18H24N6OS. The highest BCUT2D eigenvalue weighted by atomic mass is 32.1. The van der Waals surface area contributed by atoms with Gasteiger partial charge in [-0.05, 0) is 26.9 Å². The molecule has 0 fully saturated rings. The van der Waals surface area contributed by atoms with Crippen LogP contribution in [-0.4, -0.2) is 43.5 Å². The zero-order chi connectivity index (χ0) is 18.7. The van der Waals surface area contributed by atoms with Crippen LogP contribution in [0.2, 0.25) is 0 Å². The van der Waals surface area contributed by atoms with Crippen LogP contribution in [0, 0.1) is 6.92 Å². The molecule has 3 rings (SSSR count). The molecule has 1 amide bonds. The quantitative estimate of drug-likeness (QED) is 0.690. The largest absolute Gasteiger partial charge is 0.344 e. The van der Waals surface area contributed by atoms with Crippen LogP contribution < -0.4 is 5.32 Å². The fourth-order valence-electron chi connectivity index (χ4n) is 2.79. The summed E-state index contributed by atoms with van der Waals surface area (Å²) in [6, 6.07) is -0.163. The van der Waals surface area contributed by atoms with Crippen LogP contribution in [0.25, 0.3) is 5.65 Å². The van der Waals surface area contributed by atoms with E-state index < -0.39 is 0 Å². The second-order valence-electron chi connectivity index (χ2n) is 6.24. The maximum Gasteiger partial charge on any atom is 0.257 e. The van der Waals surface area contributed by atoms with Gasteiger partial charge in [0.2, 0.25) is 0 Å². The summed E-state index contributed by atoms with van der Waals surface area (Å²) in [4.78, 5) is 23.8. The van der Waals surface area contributed by atoms with Gasteiger partial charge in [0.1, 0.15) is 5.56 Å². The van der Waals surface area contributed by atoms with E-state index in [4.69, 9.17) is 0 Å². The molecule has 138 valence electrons. The maximum absolute atomic E-state index is 12.6. The van der Waals surface area contributed by atoms with Crippen LogP contribution in [0.1, 0.15) is 53.4 Å². The summed E-state index contributed by atoms with van der Waals surface area (Å²) in [6.45, 7) is 10.9. The van der Waals surface area contributed by atoms with Crippen molar-refractivity contribution in [2.24, 2.45) is 0 Å². The highest BCUT2D eigenvalue weighted by molar-refractivity contribution is 7.09. The molecule has 0 aliphatic carbocycles.